The molecule has 144 valence electrons. The number of benzene rings is 2. The van der Waals surface area contributed by atoms with Crippen molar-refractivity contribution in [2.24, 2.45) is 0 Å². The number of hydrogen-bond acceptors (Lipinski definition) is 4. The fraction of sp³-hybridized carbons (Fsp3) is 0.333. The van der Waals surface area contributed by atoms with Gasteiger partial charge in [-0.05, 0) is 55.7 Å². The first kappa shape index (κ1) is 20.5. The molecule has 2 rings (SSSR count). The maximum atomic E-state index is 12.2. The van der Waals surface area contributed by atoms with E-state index in [0.29, 0.717) is 18.7 Å². The van der Waals surface area contributed by atoms with E-state index in [1.54, 1.807) is 25.3 Å². The molecular formula is C21H27N3O3. The van der Waals surface area contributed by atoms with Crippen LogP contribution < -0.4 is 16.0 Å². The third-order valence-electron chi connectivity index (χ3n) is 4.06. The summed E-state index contributed by atoms with van der Waals surface area (Å²) in [6.07, 6.45) is 0.763. The van der Waals surface area contributed by atoms with Crippen LogP contribution in [0.4, 0.5) is 11.4 Å². The van der Waals surface area contributed by atoms with Crippen molar-refractivity contribution in [2.75, 3.05) is 37.4 Å². The van der Waals surface area contributed by atoms with Crippen molar-refractivity contribution in [3.63, 3.8) is 0 Å². The lowest BCUT2D eigenvalue weighted by atomic mass is 10.1. The second-order valence-corrected chi connectivity index (χ2v) is 6.40. The summed E-state index contributed by atoms with van der Waals surface area (Å²) in [6, 6.07) is 13.0. The van der Waals surface area contributed by atoms with Gasteiger partial charge in [-0.15, -0.1) is 0 Å². The predicted octanol–water partition coefficient (Wildman–Crippen LogP) is 3.12. The topological polar surface area (TPSA) is 79.5 Å². The van der Waals surface area contributed by atoms with E-state index in [-0.39, 0.29) is 18.4 Å². The Balaban J connectivity index is 1.87. The Morgan fingerprint density at radius 1 is 1.07 bits per heavy atom. The van der Waals surface area contributed by atoms with Crippen LogP contribution in [-0.4, -0.2) is 38.6 Å². The van der Waals surface area contributed by atoms with Crippen molar-refractivity contribution in [1.82, 2.24) is 5.32 Å². The maximum Gasteiger partial charge on any atom is 0.251 e. The predicted molar refractivity (Wildman–Crippen MR) is 108 cm³/mol. The SMILES string of the molecule is COCCCNC(=O)c1cccc(NCC(=O)Nc2cc(C)ccc2C)c1. The number of carbonyl (C=O) groups excluding carboxylic acids is 2. The number of anilines is 2. The van der Waals surface area contributed by atoms with Gasteiger partial charge in [0, 0.05) is 37.2 Å². The first-order valence-corrected chi connectivity index (χ1v) is 8.98. The minimum absolute atomic E-state index is 0.117. The summed E-state index contributed by atoms with van der Waals surface area (Å²) in [5.74, 6) is -0.285. The summed E-state index contributed by atoms with van der Waals surface area (Å²) in [5, 5.41) is 8.81. The zero-order valence-electron chi connectivity index (χ0n) is 16.1. The minimum Gasteiger partial charge on any atom is -0.385 e. The second kappa shape index (κ2) is 10.3. The molecule has 6 nitrogen and oxygen atoms in total. The molecule has 6 heteroatoms. The summed E-state index contributed by atoms with van der Waals surface area (Å²) >= 11 is 0. The number of amides is 2. The molecule has 0 heterocycles. The molecule has 0 spiro atoms. The number of rotatable bonds is 9. The van der Waals surface area contributed by atoms with Gasteiger partial charge in [0.1, 0.15) is 0 Å². The van der Waals surface area contributed by atoms with Gasteiger partial charge in [-0.1, -0.05) is 18.2 Å². The lowest BCUT2D eigenvalue weighted by molar-refractivity contribution is -0.114. The third-order valence-corrected chi connectivity index (χ3v) is 4.06. The molecule has 0 aliphatic heterocycles. The molecule has 27 heavy (non-hydrogen) atoms. The summed E-state index contributed by atoms with van der Waals surface area (Å²) in [7, 11) is 1.63. The van der Waals surface area contributed by atoms with Crippen molar-refractivity contribution < 1.29 is 14.3 Å². The van der Waals surface area contributed by atoms with E-state index in [1.807, 2.05) is 38.1 Å². The zero-order chi connectivity index (χ0) is 19.6. The van der Waals surface area contributed by atoms with Crippen molar-refractivity contribution in [2.45, 2.75) is 20.3 Å². The molecule has 0 aromatic heterocycles. The largest absolute Gasteiger partial charge is 0.385 e. The highest BCUT2D eigenvalue weighted by Gasteiger charge is 2.08. The van der Waals surface area contributed by atoms with Gasteiger partial charge in [0.25, 0.3) is 5.91 Å². The van der Waals surface area contributed by atoms with Gasteiger partial charge in [-0.3, -0.25) is 9.59 Å². The quantitative estimate of drug-likeness (QED) is 0.594. The third kappa shape index (κ3) is 6.75. The van der Waals surface area contributed by atoms with Crippen molar-refractivity contribution in [3.05, 3.63) is 59.2 Å². The molecule has 3 N–H and O–H groups in total. The molecule has 0 atom stereocenters. The number of aryl methyl sites for hydroxylation is 2. The van der Waals surface area contributed by atoms with E-state index < -0.39 is 0 Å². The highest BCUT2D eigenvalue weighted by Crippen LogP contribution is 2.16. The Bertz CT molecular complexity index is 790. The van der Waals surface area contributed by atoms with E-state index >= 15 is 0 Å². The molecule has 2 aromatic rings. The Kier molecular flexibility index (Phi) is 7.82. The number of nitrogens with one attached hydrogen (secondary N) is 3. The second-order valence-electron chi connectivity index (χ2n) is 6.40. The van der Waals surface area contributed by atoms with Crippen LogP contribution in [0.3, 0.4) is 0 Å². The lowest BCUT2D eigenvalue weighted by Crippen LogP contribution is -2.25. The number of hydrogen-bond donors (Lipinski definition) is 3. The van der Waals surface area contributed by atoms with Crippen LogP contribution in [-0.2, 0) is 9.53 Å². The molecule has 0 aliphatic carbocycles. The first-order valence-electron chi connectivity index (χ1n) is 8.98. The summed E-state index contributed by atoms with van der Waals surface area (Å²) in [5.41, 5.74) is 4.18. The highest BCUT2D eigenvalue weighted by molar-refractivity contribution is 5.96. The lowest BCUT2D eigenvalue weighted by Gasteiger charge is -2.11. The molecule has 0 unspecified atom stereocenters. The van der Waals surface area contributed by atoms with E-state index in [1.165, 1.54) is 0 Å². The van der Waals surface area contributed by atoms with E-state index in [9.17, 15) is 9.59 Å². The molecule has 0 aliphatic rings. The Labute approximate surface area is 160 Å². The molecule has 0 fully saturated rings. The smallest absolute Gasteiger partial charge is 0.251 e. The van der Waals surface area contributed by atoms with Gasteiger partial charge in [0.05, 0.1) is 6.54 Å². The van der Waals surface area contributed by atoms with Crippen LogP contribution >= 0.6 is 0 Å². The van der Waals surface area contributed by atoms with Crippen LogP contribution in [0.25, 0.3) is 0 Å². The van der Waals surface area contributed by atoms with Gasteiger partial charge in [0.2, 0.25) is 5.91 Å². The highest BCUT2D eigenvalue weighted by atomic mass is 16.5. The average Bonchev–Trinajstić information content (AvgIpc) is 2.66. The van der Waals surface area contributed by atoms with Crippen molar-refractivity contribution in [3.8, 4) is 0 Å². The number of methoxy groups -OCH3 is 1. The maximum absolute atomic E-state index is 12.2. The fourth-order valence-electron chi connectivity index (χ4n) is 2.54. The Hall–Kier alpha value is -2.86. The molecule has 0 radical (unpaired) electrons. The minimum atomic E-state index is -0.144. The summed E-state index contributed by atoms with van der Waals surface area (Å²) < 4.78 is 4.96. The average molecular weight is 369 g/mol. The first-order chi connectivity index (χ1) is 13.0. The van der Waals surface area contributed by atoms with Crippen molar-refractivity contribution in [1.29, 1.82) is 0 Å². The van der Waals surface area contributed by atoms with E-state index in [0.717, 1.165) is 28.9 Å². The van der Waals surface area contributed by atoms with Gasteiger partial charge in [-0.2, -0.15) is 0 Å². The van der Waals surface area contributed by atoms with Crippen LogP contribution in [0.2, 0.25) is 0 Å². The molecule has 0 saturated carbocycles. The van der Waals surface area contributed by atoms with E-state index in [2.05, 4.69) is 16.0 Å². The number of carbonyl (C=O) groups is 2. The molecule has 0 saturated heterocycles. The summed E-state index contributed by atoms with van der Waals surface area (Å²) in [4.78, 5) is 24.4. The molecule has 0 bridgehead atoms. The number of ether oxygens (including phenoxy) is 1. The van der Waals surface area contributed by atoms with Gasteiger partial charge >= 0.3 is 0 Å². The van der Waals surface area contributed by atoms with Crippen LogP contribution in [0.1, 0.15) is 27.9 Å². The van der Waals surface area contributed by atoms with Gasteiger partial charge in [0.15, 0.2) is 0 Å². The Morgan fingerprint density at radius 2 is 1.89 bits per heavy atom. The van der Waals surface area contributed by atoms with E-state index in [4.69, 9.17) is 4.74 Å². The van der Waals surface area contributed by atoms with Crippen LogP contribution in [0.5, 0.6) is 0 Å². The fourth-order valence-corrected chi connectivity index (χ4v) is 2.54. The van der Waals surface area contributed by atoms with Crippen LogP contribution in [0.15, 0.2) is 42.5 Å². The van der Waals surface area contributed by atoms with Gasteiger partial charge in [-0.25, -0.2) is 0 Å². The molecule has 2 amide bonds. The van der Waals surface area contributed by atoms with Crippen molar-refractivity contribution >= 4 is 23.2 Å². The van der Waals surface area contributed by atoms with Crippen LogP contribution in [0, 0.1) is 13.8 Å². The summed E-state index contributed by atoms with van der Waals surface area (Å²) in [6.45, 7) is 5.22. The standard InChI is InChI=1S/C21H27N3O3/c1-15-8-9-16(2)19(12-15)24-20(25)14-23-18-7-4-6-17(13-18)21(26)22-10-5-11-27-3/h4,6-9,12-13,23H,5,10-11,14H2,1-3H3,(H,22,26)(H,24,25). The zero-order valence-corrected chi connectivity index (χ0v) is 16.1. The normalized spacial score (nSPS) is 10.3. The Morgan fingerprint density at radius 3 is 2.67 bits per heavy atom. The molecular weight excluding hydrogens is 342 g/mol. The van der Waals surface area contributed by atoms with Gasteiger partial charge < -0.3 is 20.7 Å². The monoisotopic (exact) mass is 369 g/mol. The molecule has 2 aromatic carbocycles.